The molecule has 1 aromatic heterocycles. The van der Waals surface area contributed by atoms with Gasteiger partial charge in [0.15, 0.2) is 11.3 Å². The van der Waals surface area contributed by atoms with Crippen molar-refractivity contribution in [3.8, 4) is 5.75 Å². The Morgan fingerprint density at radius 3 is 2.68 bits per heavy atom. The maximum atomic E-state index is 5.96. The maximum Gasteiger partial charge on any atom is 0.176 e. The Morgan fingerprint density at radius 1 is 1.26 bits per heavy atom. The van der Waals surface area contributed by atoms with E-state index in [4.69, 9.17) is 9.15 Å². The van der Waals surface area contributed by atoms with Crippen LogP contribution in [0.15, 0.2) is 22.6 Å². The lowest BCUT2D eigenvalue weighted by Gasteiger charge is -2.09. The molecule has 0 aliphatic heterocycles. The molecule has 1 aromatic carbocycles. The molecule has 2 aromatic rings. The van der Waals surface area contributed by atoms with Crippen LogP contribution >= 0.6 is 0 Å². The molecule has 0 spiro atoms. The molecule has 0 saturated carbocycles. The van der Waals surface area contributed by atoms with Crippen molar-refractivity contribution in [1.82, 2.24) is 5.32 Å². The number of aryl methyl sites for hydroxylation is 1. The number of hydrogen-bond acceptors (Lipinski definition) is 3. The van der Waals surface area contributed by atoms with Gasteiger partial charge in [-0.1, -0.05) is 13.8 Å². The first-order valence-corrected chi connectivity index (χ1v) is 7.03. The van der Waals surface area contributed by atoms with Crippen LogP contribution in [0.1, 0.15) is 44.6 Å². The minimum absolute atomic E-state index is 0.224. The van der Waals surface area contributed by atoms with Crippen LogP contribution in [0.4, 0.5) is 0 Å². The standard InChI is InChI=1S/C16H23NO2/c1-5-7-17-11(3)14-10-13-8-12(6-2)9-15(18-4)16(13)19-14/h8-11,17H,5-7H2,1-4H3. The monoisotopic (exact) mass is 261 g/mol. The van der Waals surface area contributed by atoms with Crippen LogP contribution in [0.25, 0.3) is 11.0 Å². The molecular formula is C16H23NO2. The van der Waals surface area contributed by atoms with Gasteiger partial charge in [0, 0.05) is 5.39 Å². The number of benzene rings is 1. The molecule has 104 valence electrons. The minimum atomic E-state index is 0.224. The van der Waals surface area contributed by atoms with Crippen LogP contribution < -0.4 is 10.1 Å². The topological polar surface area (TPSA) is 34.4 Å². The first-order chi connectivity index (χ1) is 9.19. The Kier molecular flexibility index (Phi) is 4.48. The highest BCUT2D eigenvalue weighted by molar-refractivity contribution is 5.84. The van der Waals surface area contributed by atoms with Crippen LogP contribution in [0.5, 0.6) is 5.75 Å². The van der Waals surface area contributed by atoms with Gasteiger partial charge in [-0.15, -0.1) is 0 Å². The average Bonchev–Trinajstić information content (AvgIpc) is 2.87. The van der Waals surface area contributed by atoms with Gasteiger partial charge in [0.05, 0.1) is 13.2 Å². The number of hydrogen-bond donors (Lipinski definition) is 1. The van der Waals surface area contributed by atoms with Crippen molar-refractivity contribution in [2.75, 3.05) is 13.7 Å². The van der Waals surface area contributed by atoms with Crippen molar-refractivity contribution in [3.63, 3.8) is 0 Å². The zero-order chi connectivity index (χ0) is 13.8. The second-order valence-corrected chi connectivity index (χ2v) is 4.89. The van der Waals surface area contributed by atoms with Crippen molar-refractivity contribution >= 4 is 11.0 Å². The Bertz CT molecular complexity index is 545. The van der Waals surface area contributed by atoms with Gasteiger partial charge in [0.25, 0.3) is 0 Å². The van der Waals surface area contributed by atoms with Crippen molar-refractivity contribution in [2.45, 2.75) is 39.7 Å². The van der Waals surface area contributed by atoms with E-state index in [0.29, 0.717) is 0 Å². The third kappa shape index (κ3) is 2.92. The summed E-state index contributed by atoms with van der Waals surface area (Å²) in [5.41, 5.74) is 2.12. The smallest absolute Gasteiger partial charge is 0.176 e. The van der Waals surface area contributed by atoms with Gasteiger partial charge < -0.3 is 14.5 Å². The fourth-order valence-corrected chi connectivity index (χ4v) is 2.23. The van der Waals surface area contributed by atoms with E-state index in [1.165, 1.54) is 5.56 Å². The Hall–Kier alpha value is -1.48. The predicted molar refractivity (Wildman–Crippen MR) is 78.9 cm³/mol. The molecule has 0 radical (unpaired) electrons. The van der Waals surface area contributed by atoms with Gasteiger partial charge in [-0.25, -0.2) is 0 Å². The molecule has 1 heterocycles. The van der Waals surface area contributed by atoms with Gasteiger partial charge in [0.2, 0.25) is 0 Å². The van der Waals surface area contributed by atoms with E-state index >= 15 is 0 Å². The molecular weight excluding hydrogens is 238 g/mol. The van der Waals surface area contributed by atoms with Crippen molar-refractivity contribution in [1.29, 1.82) is 0 Å². The first kappa shape index (κ1) is 13.9. The van der Waals surface area contributed by atoms with Crippen molar-refractivity contribution < 1.29 is 9.15 Å². The molecule has 1 atom stereocenters. The summed E-state index contributed by atoms with van der Waals surface area (Å²) in [4.78, 5) is 0. The number of ether oxygens (including phenoxy) is 1. The number of nitrogens with one attached hydrogen (secondary N) is 1. The highest BCUT2D eigenvalue weighted by atomic mass is 16.5. The lowest BCUT2D eigenvalue weighted by molar-refractivity contribution is 0.399. The van der Waals surface area contributed by atoms with Gasteiger partial charge in [0.1, 0.15) is 5.76 Å². The molecule has 0 aliphatic rings. The number of methoxy groups -OCH3 is 1. The molecule has 3 nitrogen and oxygen atoms in total. The molecule has 1 N–H and O–H groups in total. The van der Waals surface area contributed by atoms with Crippen LogP contribution in [-0.2, 0) is 6.42 Å². The van der Waals surface area contributed by atoms with E-state index in [-0.39, 0.29) is 6.04 Å². The number of furan rings is 1. The lowest BCUT2D eigenvalue weighted by atomic mass is 10.1. The van der Waals surface area contributed by atoms with E-state index in [1.807, 2.05) is 0 Å². The van der Waals surface area contributed by atoms with Gasteiger partial charge in [-0.2, -0.15) is 0 Å². The van der Waals surface area contributed by atoms with Crippen LogP contribution in [0.2, 0.25) is 0 Å². The summed E-state index contributed by atoms with van der Waals surface area (Å²) in [6.07, 6.45) is 2.12. The molecule has 0 bridgehead atoms. The summed E-state index contributed by atoms with van der Waals surface area (Å²) in [5.74, 6) is 1.79. The minimum Gasteiger partial charge on any atom is -0.493 e. The second kappa shape index (κ2) is 6.11. The van der Waals surface area contributed by atoms with Gasteiger partial charge in [-0.05, 0) is 50.1 Å². The van der Waals surface area contributed by atoms with E-state index in [2.05, 4.69) is 44.3 Å². The molecule has 0 saturated heterocycles. The fourth-order valence-electron chi connectivity index (χ4n) is 2.23. The number of fused-ring (bicyclic) bond motifs is 1. The summed E-state index contributed by atoms with van der Waals surface area (Å²) in [6, 6.07) is 6.57. The summed E-state index contributed by atoms with van der Waals surface area (Å²) in [5, 5.41) is 4.56. The highest BCUT2D eigenvalue weighted by Gasteiger charge is 2.14. The van der Waals surface area contributed by atoms with E-state index in [1.54, 1.807) is 7.11 Å². The maximum absolute atomic E-state index is 5.96. The second-order valence-electron chi connectivity index (χ2n) is 4.89. The van der Waals surface area contributed by atoms with Crippen LogP contribution in [-0.4, -0.2) is 13.7 Å². The normalized spacial score (nSPS) is 12.8. The van der Waals surface area contributed by atoms with E-state index < -0.39 is 0 Å². The van der Waals surface area contributed by atoms with E-state index in [0.717, 1.165) is 41.9 Å². The molecule has 0 amide bonds. The summed E-state index contributed by atoms with van der Waals surface area (Å²) < 4.78 is 11.4. The molecule has 2 rings (SSSR count). The molecule has 1 unspecified atom stereocenters. The molecule has 3 heteroatoms. The lowest BCUT2D eigenvalue weighted by Crippen LogP contribution is -2.18. The third-order valence-electron chi connectivity index (χ3n) is 3.42. The Labute approximate surface area is 114 Å². The zero-order valence-corrected chi connectivity index (χ0v) is 12.2. The van der Waals surface area contributed by atoms with Crippen LogP contribution in [0.3, 0.4) is 0 Å². The largest absolute Gasteiger partial charge is 0.493 e. The fraction of sp³-hybridized carbons (Fsp3) is 0.500. The summed E-state index contributed by atoms with van der Waals surface area (Å²) in [7, 11) is 1.69. The average molecular weight is 261 g/mol. The van der Waals surface area contributed by atoms with Gasteiger partial charge in [-0.3, -0.25) is 0 Å². The highest BCUT2D eigenvalue weighted by Crippen LogP contribution is 2.32. The summed E-state index contributed by atoms with van der Waals surface area (Å²) in [6.45, 7) is 7.43. The molecule has 0 fully saturated rings. The van der Waals surface area contributed by atoms with Crippen LogP contribution in [0, 0.1) is 0 Å². The van der Waals surface area contributed by atoms with Crippen molar-refractivity contribution in [2.24, 2.45) is 0 Å². The Balaban J connectivity index is 2.38. The predicted octanol–water partition coefficient (Wildman–Crippen LogP) is 4.06. The zero-order valence-electron chi connectivity index (χ0n) is 12.2. The van der Waals surface area contributed by atoms with Crippen molar-refractivity contribution in [3.05, 3.63) is 29.5 Å². The third-order valence-corrected chi connectivity index (χ3v) is 3.42. The quantitative estimate of drug-likeness (QED) is 0.851. The number of rotatable bonds is 6. The Morgan fingerprint density at radius 2 is 2.05 bits per heavy atom. The van der Waals surface area contributed by atoms with Gasteiger partial charge >= 0.3 is 0 Å². The van der Waals surface area contributed by atoms with E-state index in [9.17, 15) is 0 Å². The SMILES string of the molecule is CCCNC(C)c1cc2cc(CC)cc(OC)c2o1. The molecule has 0 aliphatic carbocycles. The molecule has 19 heavy (non-hydrogen) atoms. The summed E-state index contributed by atoms with van der Waals surface area (Å²) >= 11 is 0. The first-order valence-electron chi connectivity index (χ1n) is 7.03.